The largest absolute Gasteiger partial charge is 0.316 e. The van der Waals surface area contributed by atoms with Crippen LogP contribution in [0.15, 0.2) is 12.3 Å². The van der Waals surface area contributed by atoms with Crippen LogP contribution in [0, 0.1) is 5.92 Å². The predicted octanol–water partition coefficient (Wildman–Crippen LogP) is 1.96. The van der Waals surface area contributed by atoms with Gasteiger partial charge in [0.25, 0.3) is 0 Å². The lowest BCUT2D eigenvalue weighted by molar-refractivity contribution is 0.489. The van der Waals surface area contributed by atoms with Gasteiger partial charge in [-0.2, -0.15) is 5.10 Å². The first-order valence-corrected chi connectivity index (χ1v) is 6.51. The SMILES string of the molecule is Cn1nccc1CCNCC1CCC(Cl)C1. The molecular weight excluding hydrogens is 222 g/mol. The van der Waals surface area contributed by atoms with Gasteiger partial charge in [0.2, 0.25) is 0 Å². The number of nitrogens with zero attached hydrogens (tertiary/aromatic N) is 2. The number of aryl methyl sites for hydroxylation is 1. The van der Waals surface area contributed by atoms with Crippen LogP contribution in [0.25, 0.3) is 0 Å². The van der Waals surface area contributed by atoms with Crippen LogP contribution in [-0.4, -0.2) is 28.2 Å². The van der Waals surface area contributed by atoms with Crippen molar-refractivity contribution in [1.82, 2.24) is 15.1 Å². The highest BCUT2D eigenvalue weighted by Gasteiger charge is 2.21. The van der Waals surface area contributed by atoms with Gasteiger partial charge in [-0.1, -0.05) is 0 Å². The van der Waals surface area contributed by atoms with Gasteiger partial charge >= 0.3 is 0 Å². The fourth-order valence-corrected chi connectivity index (χ4v) is 2.75. The van der Waals surface area contributed by atoms with Crippen molar-refractivity contribution in [2.45, 2.75) is 31.1 Å². The molecule has 90 valence electrons. The molecule has 1 aliphatic rings. The van der Waals surface area contributed by atoms with E-state index in [0.717, 1.165) is 25.4 Å². The fraction of sp³-hybridized carbons (Fsp3) is 0.750. The van der Waals surface area contributed by atoms with Gasteiger partial charge in [-0.3, -0.25) is 4.68 Å². The zero-order valence-electron chi connectivity index (χ0n) is 9.82. The van der Waals surface area contributed by atoms with E-state index in [1.54, 1.807) is 0 Å². The fourth-order valence-electron chi connectivity index (χ4n) is 2.37. The molecule has 2 atom stereocenters. The summed E-state index contributed by atoms with van der Waals surface area (Å²) in [6.07, 6.45) is 6.56. The summed E-state index contributed by atoms with van der Waals surface area (Å²) in [4.78, 5) is 0. The van der Waals surface area contributed by atoms with Gasteiger partial charge in [-0.25, -0.2) is 0 Å². The molecule has 0 aliphatic heterocycles. The van der Waals surface area contributed by atoms with Gasteiger partial charge < -0.3 is 5.32 Å². The molecule has 2 unspecified atom stereocenters. The van der Waals surface area contributed by atoms with Crippen molar-refractivity contribution in [3.63, 3.8) is 0 Å². The van der Waals surface area contributed by atoms with Gasteiger partial charge in [-0.05, 0) is 37.8 Å². The lowest BCUT2D eigenvalue weighted by Gasteiger charge is -2.10. The highest BCUT2D eigenvalue weighted by Crippen LogP contribution is 2.28. The third-order valence-electron chi connectivity index (χ3n) is 3.39. The molecule has 3 nitrogen and oxygen atoms in total. The minimum absolute atomic E-state index is 0.420. The molecule has 16 heavy (non-hydrogen) atoms. The average Bonchev–Trinajstić information content (AvgIpc) is 2.83. The second kappa shape index (κ2) is 5.69. The molecule has 0 amide bonds. The smallest absolute Gasteiger partial charge is 0.0492 e. The first kappa shape index (κ1) is 11.9. The van der Waals surface area contributed by atoms with Gasteiger partial charge in [0, 0.05) is 37.3 Å². The normalized spacial score (nSPS) is 25.1. The zero-order chi connectivity index (χ0) is 11.4. The Labute approximate surface area is 102 Å². The lowest BCUT2D eigenvalue weighted by atomic mass is 10.1. The molecule has 1 aliphatic carbocycles. The van der Waals surface area contributed by atoms with Crippen LogP contribution in [0.1, 0.15) is 25.0 Å². The van der Waals surface area contributed by atoms with Crippen molar-refractivity contribution in [3.05, 3.63) is 18.0 Å². The van der Waals surface area contributed by atoms with Crippen LogP contribution in [-0.2, 0) is 13.5 Å². The lowest BCUT2D eigenvalue weighted by Crippen LogP contribution is -2.24. The number of hydrogen-bond donors (Lipinski definition) is 1. The molecule has 1 fully saturated rings. The van der Waals surface area contributed by atoms with Crippen molar-refractivity contribution in [2.24, 2.45) is 13.0 Å². The predicted molar refractivity (Wildman–Crippen MR) is 66.8 cm³/mol. The Morgan fingerprint density at radius 1 is 1.56 bits per heavy atom. The summed E-state index contributed by atoms with van der Waals surface area (Å²) in [5.41, 5.74) is 1.29. The minimum Gasteiger partial charge on any atom is -0.316 e. The maximum Gasteiger partial charge on any atom is 0.0492 e. The van der Waals surface area contributed by atoms with E-state index in [4.69, 9.17) is 11.6 Å². The van der Waals surface area contributed by atoms with E-state index in [0.29, 0.717) is 5.38 Å². The summed E-state index contributed by atoms with van der Waals surface area (Å²) >= 11 is 6.08. The molecule has 1 N–H and O–H groups in total. The van der Waals surface area contributed by atoms with Crippen LogP contribution in [0.4, 0.5) is 0 Å². The molecular formula is C12H20ClN3. The van der Waals surface area contributed by atoms with E-state index in [-0.39, 0.29) is 0 Å². The van der Waals surface area contributed by atoms with Crippen LogP contribution >= 0.6 is 11.6 Å². The third-order valence-corrected chi connectivity index (χ3v) is 3.79. The van der Waals surface area contributed by atoms with E-state index >= 15 is 0 Å². The molecule has 0 saturated heterocycles. The molecule has 2 rings (SSSR count). The molecule has 1 heterocycles. The van der Waals surface area contributed by atoms with Crippen LogP contribution in [0.3, 0.4) is 0 Å². The molecule has 1 aromatic heterocycles. The Kier molecular flexibility index (Phi) is 4.24. The second-order valence-electron chi connectivity index (χ2n) is 4.68. The highest BCUT2D eigenvalue weighted by molar-refractivity contribution is 6.20. The average molecular weight is 242 g/mol. The van der Waals surface area contributed by atoms with E-state index < -0.39 is 0 Å². The summed E-state index contributed by atoms with van der Waals surface area (Å²) in [7, 11) is 1.99. The van der Waals surface area contributed by atoms with E-state index in [1.165, 1.54) is 25.0 Å². The number of alkyl halides is 1. The minimum atomic E-state index is 0.420. The summed E-state index contributed by atoms with van der Waals surface area (Å²) < 4.78 is 1.94. The van der Waals surface area contributed by atoms with Gasteiger partial charge in [-0.15, -0.1) is 11.6 Å². The Morgan fingerprint density at radius 2 is 2.44 bits per heavy atom. The molecule has 0 bridgehead atoms. The van der Waals surface area contributed by atoms with Crippen molar-refractivity contribution in [3.8, 4) is 0 Å². The molecule has 0 aromatic carbocycles. The zero-order valence-corrected chi connectivity index (χ0v) is 10.6. The number of nitrogens with one attached hydrogen (secondary N) is 1. The van der Waals surface area contributed by atoms with Gasteiger partial charge in [0.15, 0.2) is 0 Å². The van der Waals surface area contributed by atoms with Gasteiger partial charge in [0.1, 0.15) is 0 Å². The van der Waals surface area contributed by atoms with Crippen LogP contribution < -0.4 is 5.32 Å². The second-order valence-corrected chi connectivity index (χ2v) is 5.29. The van der Waals surface area contributed by atoms with Crippen molar-refractivity contribution >= 4 is 11.6 Å². The quantitative estimate of drug-likeness (QED) is 0.631. The maximum atomic E-state index is 6.08. The number of halogens is 1. The standard InChI is InChI=1S/C12H20ClN3/c1-16-12(5-7-15-16)4-6-14-9-10-2-3-11(13)8-10/h5,7,10-11,14H,2-4,6,8-9H2,1H3. The van der Waals surface area contributed by atoms with Crippen molar-refractivity contribution in [2.75, 3.05) is 13.1 Å². The van der Waals surface area contributed by atoms with Crippen molar-refractivity contribution in [1.29, 1.82) is 0 Å². The number of rotatable bonds is 5. The topological polar surface area (TPSA) is 29.9 Å². The summed E-state index contributed by atoms with van der Waals surface area (Å²) in [6, 6.07) is 2.08. The Balaban J connectivity index is 1.60. The summed E-state index contributed by atoms with van der Waals surface area (Å²) in [6.45, 7) is 2.14. The Morgan fingerprint density at radius 3 is 3.06 bits per heavy atom. The first-order valence-electron chi connectivity index (χ1n) is 6.07. The van der Waals surface area contributed by atoms with E-state index in [9.17, 15) is 0 Å². The van der Waals surface area contributed by atoms with E-state index in [2.05, 4.69) is 16.5 Å². The molecule has 1 aromatic rings. The third kappa shape index (κ3) is 3.22. The van der Waals surface area contributed by atoms with E-state index in [1.807, 2.05) is 17.9 Å². The molecule has 1 saturated carbocycles. The monoisotopic (exact) mass is 241 g/mol. The molecule has 0 radical (unpaired) electrons. The van der Waals surface area contributed by atoms with Crippen LogP contribution in [0.2, 0.25) is 0 Å². The molecule has 0 spiro atoms. The van der Waals surface area contributed by atoms with Crippen molar-refractivity contribution < 1.29 is 0 Å². The highest BCUT2D eigenvalue weighted by atomic mass is 35.5. The first-order chi connectivity index (χ1) is 7.75. The molecule has 4 heteroatoms. The number of hydrogen-bond acceptors (Lipinski definition) is 2. The Bertz CT molecular complexity index is 324. The summed E-state index contributed by atoms with van der Waals surface area (Å²) in [5.74, 6) is 0.786. The van der Waals surface area contributed by atoms with Crippen LogP contribution in [0.5, 0.6) is 0 Å². The Hall–Kier alpha value is -0.540. The number of aromatic nitrogens is 2. The summed E-state index contributed by atoms with van der Waals surface area (Å²) in [5, 5.41) is 8.09. The van der Waals surface area contributed by atoms with Gasteiger partial charge in [0.05, 0.1) is 0 Å². The maximum absolute atomic E-state index is 6.08.